The van der Waals surface area contributed by atoms with Gasteiger partial charge in [0.15, 0.2) is 0 Å². The minimum absolute atomic E-state index is 0.0223. The molecule has 0 bridgehead atoms. The Morgan fingerprint density at radius 1 is 1.05 bits per heavy atom. The second-order valence-corrected chi connectivity index (χ2v) is 6.09. The van der Waals surface area contributed by atoms with Crippen LogP contribution in [-0.2, 0) is 4.79 Å². The van der Waals surface area contributed by atoms with Gasteiger partial charge in [0.05, 0.1) is 6.54 Å². The predicted molar refractivity (Wildman–Crippen MR) is 88.0 cm³/mol. The van der Waals surface area contributed by atoms with Crippen LogP contribution in [0, 0.1) is 13.8 Å². The van der Waals surface area contributed by atoms with E-state index in [2.05, 4.69) is 16.0 Å². The number of carbonyl (C=O) groups is 2. The number of benzene rings is 1. The lowest BCUT2D eigenvalue weighted by Crippen LogP contribution is -2.45. The molecule has 0 aliphatic heterocycles. The summed E-state index contributed by atoms with van der Waals surface area (Å²) in [5.74, 6) is -0.219. The summed E-state index contributed by atoms with van der Waals surface area (Å²) in [5, 5.41) is 8.34. The minimum Gasteiger partial charge on any atom is -0.335 e. The van der Waals surface area contributed by atoms with Gasteiger partial charge in [-0.1, -0.05) is 25.3 Å². The molecule has 0 atom stereocenters. The van der Waals surface area contributed by atoms with Crippen LogP contribution in [0.2, 0.25) is 0 Å². The van der Waals surface area contributed by atoms with Crippen molar-refractivity contribution in [1.29, 1.82) is 0 Å². The number of carbonyl (C=O) groups excluding carboxylic acids is 2. The van der Waals surface area contributed by atoms with E-state index in [4.69, 9.17) is 0 Å². The van der Waals surface area contributed by atoms with E-state index in [0.29, 0.717) is 0 Å². The predicted octanol–water partition coefficient (Wildman–Crippen LogP) is 2.87. The molecular weight excluding hydrogens is 278 g/mol. The molecule has 1 fully saturated rings. The van der Waals surface area contributed by atoms with Gasteiger partial charge in [0.2, 0.25) is 5.91 Å². The monoisotopic (exact) mass is 303 g/mol. The highest BCUT2D eigenvalue weighted by atomic mass is 16.2. The minimum atomic E-state index is -0.262. The molecule has 3 amide bonds. The normalized spacial score (nSPS) is 15.2. The van der Waals surface area contributed by atoms with Gasteiger partial charge < -0.3 is 16.0 Å². The lowest BCUT2D eigenvalue weighted by Gasteiger charge is -2.22. The Bertz CT molecular complexity index is 516. The van der Waals surface area contributed by atoms with Crippen LogP contribution in [0.4, 0.5) is 10.5 Å². The van der Waals surface area contributed by atoms with Crippen molar-refractivity contribution in [2.45, 2.75) is 52.0 Å². The number of hydrogen-bond acceptors (Lipinski definition) is 2. The zero-order chi connectivity index (χ0) is 15.9. The zero-order valence-corrected chi connectivity index (χ0v) is 13.4. The van der Waals surface area contributed by atoms with Gasteiger partial charge in [-0.25, -0.2) is 4.79 Å². The molecule has 0 saturated heterocycles. The molecule has 3 N–H and O–H groups in total. The Hall–Kier alpha value is -2.04. The maximum absolute atomic E-state index is 11.9. The Labute approximate surface area is 131 Å². The average Bonchev–Trinajstić information content (AvgIpc) is 2.45. The van der Waals surface area contributed by atoms with Gasteiger partial charge in [-0.2, -0.15) is 0 Å². The summed E-state index contributed by atoms with van der Waals surface area (Å²) in [4.78, 5) is 23.7. The van der Waals surface area contributed by atoms with Crippen LogP contribution in [0.1, 0.15) is 43.2 Å². The lowest BCUT2D eigenvalue weighted by molar-refractivity contribution is -0.115. The Morgan fingerprint density at radius 3 is 2.32 bits per heavy atom. The van der Waals surface area contributed by atoms with E-state index in [1.165, 1.54) is 6.42 Å². The third kappa shape index (κ3) is 5.39. The summed E-state index contributed by atoms with van der Waals surface area (Å²) < 4.78 is 0. The summed E-state index contributed by atoms with van der Waals surface area (Å²) in [6, 6.07) is 5.85. The summed E-state index contributed by atoms with van der Waals surface area (Å²) in [6.07, 6.45) is 5.64. The molecule has 120 valence electrons. The van der Waals surface area contributed by atoms with Crippen molar-refractivity contribution in [3.63, 3.8) is 0 Å². The molecule has 0 radical (unpaired) electrons. The molecule has 1 aromatic rings. The first-order valence-corrected chi connectivity index (χ1v) is 7.95. The van der Waals surface area contributed by atoms with Crippen molar-refractivity contribution in [2.24, 2.45) is 0 Å². The van der Waals surface area contributed by atoms with Crippen molar-refractivity contribution in [2.75, 3.05) is 11.9 Å². The molecular formula is C17H25N3O2. The van der Waals surface area contributed by atoms with E-state index in [1.54, 1.807) is 0 Å². The summed E-state index contributed by atoms with van der Waals surface area (Å²) in [6.45, 7) is 3.95. The van der Waals surface area contributed by atoms with Crippen LogP contribution in [-0.4, -0.2) is 24.5 Å². The first kappa shape index (κ1) is 16.3. The maximum Gasteiger partial charge on any atom is 0.315 e. The van der Waals surface area contributed by atoms with Gasteiger partial charge in [0.25, 0.3) is 0 Å². The molecule has 1 aliphatic carbocycles. The smallest absolute Gasteiger partial charge is 0.315 e. The highest BCUT2D eigenvalue weighted by Crippen LogP contribution is 2.17. The number of rotatable bonds is 4. The molecule has 0 unspecified atom stereocenters. The standard InChI is InChI=1S/C17H25N3O2/c1-12-8-13(2)10-15(9-12)19-16(21)11-18-17(22)20-14-6-4-3-5-7-14/h8-10,14H,3-7,11H2,1-2H3,(H,19,21)(H2,18,20,22). The van der Waals surface area contributed by atoms with E-state index in [9.17, 15) is 9.59 Å². The molecule has 2 rings (SSSR count). The van der Waals surface area contributed by atoms with E-state index < -0.39 is 0 Å². The van der Waals surface area contributed by atoms with Crippen molar-refractivity contribution >= 4 is 17.6 Å². The van der Waals surface area contributed by atoms with Gasteiger partial charge in [0, 0.05) is 11.7 Å². The number of urea groups is 1. The zero-order valence-electron chi connectivity index (χ0n) is 13.4. The van der Waals surface area contributed by atoms with E-state index in [0.717, 1.165) is 42.5 Å². The fourth-order valence-electron chi connectivity index (χ4n) is 2.90. The van der Waals surface area contributed by atoms with Crippen molar-refractivity contribution < 1.29 is 9.59 Å². The van der Waals surface area contributed by atoms with Crippen LogP contribution in [0.5, 0.6) is 0 Å². The summed E-state index contributed by atoms with van der Waals surface area (Å²) in [5.41, 5.74) is 2.95. The topological polar surface area (TPSA) is 70.2 Å². The highest BCUT2D eigenvalue weighted by Gasteiger charge is 2.15. The molecule has 1 aromatic carbocycles. The SMILES string of the molecule is Cc1cc(C)cc(NC(=O)CNC(=O)NC2CCCCC2)c1. The lowest BCUT2D eigenvalue weighted by atomic mass is 9.96. The van der Waals surface area contributed by atoms with Gasteiger partial charge in [0.1, 0.15) is 0 Å². The summed E-state index contributed by atoms with van der Waals surface area (Å²) >= 11 is 0. The van der Waals surface area contributed by atoms with Crippen LogP contribution < -0.4 is 16.0 Å². The maximum atomic E-state index is 11.9. The third-order valence-corrected chi connectivity index (χ3v) is 3.86. The Balaban J connectivity index is 1.73. The molecule has 22 heavy (non-hydrogen) atoms. The average molecular weight is 303 g/mol. The van der Waals surface area contributed by atoms with Gasteiger partial charge in [-0.3, -0.25) is 4.79 Å². The molecule has 5 heteroatoms. The fourth-order valence-corrected chi connectivity index (χ4v) is 2.90. The summed E-state index contributed by atoms with van der Waals surface area (Å²) in [7, 11) is 0. The molecule has 0 aromatic heterocycles. The van der Waals surface area contributed by atoms with E-state index >= 15 is 0 Å². The van der Waals surface area contributed by atoms with Gasteiger partial charge in [-0.05, 0) is 49.9 Å². The number of nitrogens with one attached hydrogen (secondary N) is 3. The number of amides is 3. The molecule has 5 nitrogen and oxygen atoms in total. The second kappa shape index (κ2) is 7.82. The van der Waals surface area contributed by atoms with Gasteiger partial charge >= 0.3 is 6.03 Å². The fraction of sp³-hybridized carbons (Fsp3) is 0.529. The van der Waals surface area contributed by atoms with Crippen LogP contribution in [0.15, 0.2) is 18.2 Å². The van der Waals surface area contributed by atoms with Crippen LogP contribution >= 0.6 is 0 Å². The number of aryl methyl sites for hydroxylation is 2. The molecule has 1 saturated carbocycles. The first-order valence-electron chi connectivity index (χ1n) is 7.95. The number of anilines is 1. The van der Waals surface area contributed by atoms with Crippen LogP contribution in [0.3, 0.4) is 0 Å². The van der Waals surface area contributed by atoms with Crippen molar-refractivity contribution in [3.8, 4) is 0 Å². The highest BCUT2D eigenvalue weighted by molar-refractivity contribution is 5.94. The molecule has 0 heterocycles. The largest absolute Gasteiger partial charge is 0.335 e. The quantitative estimate of drug-likeness (QED) is 0.800. The van der Waals surface area contributed by atoms with Crippen LogP contribution in [0.25, 0.3) is 0 Å². The van der Waals surface area contributed by atoms with Crippen molar-refractivity contribution in [1.82, 2.24) is 10.6 Å². The first-order chi connectivity index (χ1) is 10.5. The number of hydrogen-bond donors (Lipinski definition) is 3. The van der Waals surface area contributed by atoms with Gasteiger partial charge in [-0.15, -0.1) is 0 Å². The van der Waals surface area contributed by atoms with E-state index in [1.807, 2.05) is 32.0 Å². The Kier molecular flexibility index (Phi) is 5.81. The van der Waals surface area contributed by atoms with Crippen molar-refractivity contribution in [3.05, 3.63) is 29.3 Å². The second-order valence-electron chi connectivity index (χ2n) is 6.09. The Morgan fingerprint density at radius 2 is 1.68 bits per heavy atom. The molecule has 1 aliphatic rings. The third-order valence-electron chi connectivity index (χ3n) is 3.86. The van der Waals surface area contributed by atoms with E-state index in [-0.39, 0.29) is 24.5 Å². The molecule has 0 spiro atoms.